The van der Waals surface area contributed by atoms with Gasteiger partial charge in [0.2, 0.25) is 5.82 Å². The highest BCUT2D eigenvalue weighted by Gasteiger charge is 2.33. The van der Waals surface area contributed by atoms with Crippen molar-refractivity contribution in [2.75, 3.05) is 27.3 Å². The van der Waals surface area contributed by atoms with Crippen molar-refractivity contribution in [1.29, 1.82) is 0 Å². The summed E-state index contributed by atoms with van der Waals surface area (Å²) >= 11 is 0. The fourth-order valence-electron chi connectivity index (χ4n) is 4.49. The second-order valence-corrected chi connectivity index (χ2v) is 8.28. The molecule has 33 heavy (non-hydrogen) atoms. The minimum absolute atomic E-state index is 0.0418. The molecule has 0 bridgehead atoms. The van der Waals surface area contributed by atoms with Crippen LogP contribution in [0.2, 0.25) is 0 Å². The number of carbonyl (C=O) groups is 1. The Kier molecular flexibility index (Phi) is 5.28. The van der Waals surface area contributed by atoms with E-state index in [1.54, 1.807) is 19.1 Å². The molecule has 3 heterocycles. The van der Waals surface area contributed by atoms with E-state index in [0.717, 1.165) is 45.6 Å². The Bertz CT molecular complexity index is 1340. The van der Waals surface area contributed by atoms with Crippen LogP contribution in [0.1, 0.15) is 39.7 Å². The molecule has 8 heteroatoms. The number of aromatic nitrogens is 2. The number of ether oxygens (including phenoxy) is 2. The summed E-state index contributed by atoms with van der Waals surface area (Å²) < 4.78 is 22.2. The summed E-state index contributed by atoms with van der Waals surface area (Å²) in [6.07, 6.45) is 0.804. The number of hydrogen-bond acceptors (Lipinski definition) is 7. The van der Waals surface area contributed by atoms with Crippen molar-refractivity contribution in [2.24, 2.45) is 0 Å². The molecule has 2 aromatic carbocycles. The minimum atomic E-state index is -0.289. The van der Waals surface area contributed by atoms with Crippen LogP contribution in [0, 0.1) is 13.8 Å². The average Bonchev–Trinajstić information content (AvgIpc) is 3.58. The predicted molar refractivity (Wildman–Crippen MR) is 122 cm³/mol. The normalized spacial score (nSPS) is 15.9. The average molecular weight is 447 g/mol. The van der Waals surface area contributed by atoms with Gasteiger partial charge in [-0.25, -0.2) is 0 Å². The molecule has 1 aliphatic rings. The summed E-state index contributed by atoms with van der Waals surface area (Å²) in [5.74, 6) is 2.13. The minimum Gasteiger partial charge on any atom is -0.497 e. The first-order chi connectivity index (χ1) is 16.0. The largest absolute Gasteiger partial charge is 0.497 e. The van der Waals surface area contributed by atoms with Gasteiger partial charge in [-0.3, -0.25) is 4.79 Å². The summed E-state index contributed by atoms with van der Waals surface area (Å²) in [7, 11) is 3.28. The topological polar surface area (TPSA) is 90.8 Å². The number of fused-ring (bicyclic) bond motifs is 1. The molecule has 0 N–H and O–H groups in total. The van der Waals surface area contributed by atoms with E-state index in [9.17, 15) is 4.79 Å². The van der Waals surface area contributed by atoms with Gasteiger partial charge in [-0.15, -0.1) is 0 Å². The molecule has 1 fully saturated rings. The zero-order chi connectivity index (χ0) is 23.1. The number of likely N-dealkylation sites (tertiary alicyclic amines) is 1. The molecule has 1 saturated heterocycles. The Labute approximate surface area is 191 Å². The molecule has 170 valence electrons. The number of nitrogens with zero attached hydrogens (tertiary/aromatic N) is 3. The quantitative estimate of drug-likeness (QED) is 0.436. The van der Waals surface area contributed by atoms with Crippen molar-refractivity contribution in [3.05, 3.63) is 59.0 Å². The van der Waals surface area contributed by atoms with Gasteiger partial charge in [0.15, 0.2) is 5.76 Å². The molecule has 8 nitrogen and oxygen atoms in total. The summed E-state index contributed by atoms with van der Waals surface area (Å²) in [5.41, 5.74) is 3.75. The van der Waals surface area contributed by atoms with Crippen LogP contribution in [-0.2, 0) is 0 Å². The number of methoxy groups -OCH3 is 2. The van der Waals surface area contributed by atoms with Gasteiger partial charge >= 0.3 is 11.8 Å². The van der Waals surface area contributed by atoms with Crippen molar-refractivity contribution in [3.8, 4) is 23.1 Å². The lowest BCUT2D eigenvalue weighted by atomic mass is 9.97. The Morgan fingerprint density at radius 1 is 1.15 bits per heavy atom. The summed E-state index contributed by atoms with van der Waals surface area (Å²) in [4.78, 5) is 19.2. The third-order valence-corrected chi connectivity index (χ3v) is 6.32. The molecular formula is C25H25N3O5. The van der Waals surface area contributed by atoms with Crippen LogP contribution in [0.4, 0.5) is 0 Å². The highest BCUT2D eigenvalue weighted by Crippen LogP contribution is 2.37. The number of amides is 1. The lowest BCUT2D eigenvalue weighted by Crippen LogP contribution is -2.28. The van der Waals surface area contributed by atoms with E-state index in [1.165, 1.54) is 0 Å². The van der Waals surface area contributed by atoms with Crippen molar-refractivity contribution in [2.45, 2.75) is 26.2 Å². The first-order valence-corrected chi connectivity index (χ1v) is 10.8. The van der Waals surface area contributed by atoms with Crippen molar-refractivity contribution < 1.29 is 23.2 Å². The van der Waals surface area contributed by atoms with Gasteiger partial charge < -0.3 is 23.3 Å². The van der Waals surface area contributed by atoms with Crippen molar-refractivity contribution in [1.82, 2.24) is 15.0 Å². The molecule has 0 unspecified atom stereocenters. The fourth-order valence-corrected chi connectivity index (χ4v) is 4.49. The van der Waals surface area contributed by atoms with Crippen LogP contribution in [0.25, 0.3) is 22.6 Å². The second-order valence-electron chi connectivity index (χ2n) is 8.28. The number of carbonyl (C=O) groups excluding carboxylic acids is 1. The van der Waals surface area contributed by atoms with E-state index in [2.05, 4.69) is 10.1 Å². The molecule has 5 rings (SSSR count). The van der Waals surface area contributed by atoms with E-state index in [1.807, 2.05) is 50.2 Å². The number of aryl methyl sites for hydroxylation is 2. The maximum atomic E-state index is 13.1. The fraction of sp³-hybridized carbons (Fsp3) is 0.320. The van der Waals surface area contributed by atoms with Gasteiger partial charge in [0.25, 0.3) is 0 Å². The zero-order valence-corrected chi connectivity index (χ0v) is 19.0. The molecule has 1 aliphatic heterocycles. The Hall–Kier alpha value is -3.81. The van der Waals surface area contributed by atoms with E-state index in [-0.39, 0.29) is 23.5 Å². The molecule has 0 aliphatic carbocycles. The van der Waals surface area contributed by atoms with Gasteiger partial charge in [0, 0.05) is 35.5 Å². The van der Waals surface area contributed by atoms with E-state index < -0.39 is 0 Å². The van der Waals surface area contributed by atoms with E-state index in [0.29, 0.717) is 18.8 Å². The first kappa shape index (κ1) is 21.1. The van der Waals surface area contributed by atoms with Crippen molar-refractivity contribution >= 4 is 16.9 Å². The summed E-state index contributed by atoms with van der Waals surface area (Å²) in [6, 6.07) is 11.7. The third-order valence-electron chi connectivity index (χ3n) is 6.32. The SMILES string of the molecule is COc1ccc(OC)c([C@@H]2CCN(C(=O)c3nc(-c4oc5c(C)cccc5c4C)no3)C2)c1. The van der Waals surface area contributed by atoms with Crippen molar-refractivity contribution in [3.63, 3.8) is 0 Å². The predicted octanol–water partition coefficient (Wildman–Crippen LogP) is 4.75. The van der Waals surface area contributed by atoms with Crippen LogP contribution in [0.15, 0.2) is 45.3 Å². The molecule has 2 aromatic heterocycles. The number of rotatable bonds is 5. The Balaban J connectivity index is 1.37. The molecule has 1 amide bonds. The number of hydrogen-bond donors (Lipinski definition) is 0. The molecule has 1 atom stereocenters. The lowest BCUT2D eigenvalue weighted by molar-refractivity contribution is 0.0741. The van der Waals surface area contributed by atoms with Gasteiger partial charge in [-0.2, -0.15) is 4.98 Å². The number of para-hydroxylation sites is 1. The summed E-state index contributed by atoms with van der Waals surface area (Å²) in [6.45, 7) is 5.06. The number of benzene rings is 2. The monoisotopic (exact) mass is 447 g/mol. The molecular weight excluding hydrogens is 422 g/mol. The van der Waals surface area contributed by atoms with E-state index >= 15 is 0 Å². The molecule has 0 radical (unpaired) electrons. The van der Waals surface area contributed by atoms with Crippen LogP contribution < -0.4 is 9.47 Å². The lowest BCUT2D eigenvalue weighted by Gasteiger charge is -2.17. The van der Waals surface area contributed by atoms with Gasteiger partial charge in [0.05, 0.1) is 14.2 Å². The van der Waals surface area contributed by atoms with E-state index in [4.69, 9.17) is 18.4 Å². The van der Waals surface area contributed by atoms with Crippen LogP contribution in [-0.4, -0.2) is 48.3 Å². The van der Waals surface area contributed by atoms with Crippen LogP contribution >= 0.6 is 0 Å². The summed E-state index contributed by atoms with van der Waals surface area (Å²) in [5, 5.41) is 5.03. The van der Waals surface area contributed by atoms with Crippen LogP contribution in [0.3, 0.4) is 0 Å². The first-order valence-electron chi connectivity index (χ1n) is 10.8. The molecule has 0 spiro atoms. The maximum Gasteiger partial charge on any atom is 0.316 e. The standard InChI is InChI=1S/C25H25N3O5/c1-14-6-5-7-18-15(2)22(32-21(14)18)23-26-24(33-27-23)25(29)28-11-10-16(13-28)19-12-17(30-3)8-9-20(19)31-4/h5-9,12,16H,10-11,13H2,1-4H3/t16-/m1/s1. The van der Waals surface area contributed by atoms with Gasteiger partial charge in [0.1, 0.15) is 17.1 Å². The maximum absolute atomic E-state index is 13.1. The highest BCUT2D eigenvalue weighted by atomic mass is 16.5. The van der Waals surface area contributed by atoms with Gasteiger partial charge in [-0.05, 0) is 44.0 Å². The number of furan rings is 1. The highest BCUT2D eigenvalue weighted by molar-refractivity contribution is 5.91. The molecule has 0 saturated carbocycles. The Morgan fingerprint density at radius 3 is 2.76 bits per heavy atom. The third kappa shape index (κ3) is 3.61. The smallest absolute Gasteiger partial charge is 0.316 e. The van der Waals surface area contributed by atoms with Gasteiger partial charge in [-0.1, -0.05) is 23.4 Å². The van der Waals surface area contributed by atoms with Crippen LogP contribution in [0.5, 0.6) is 11.5 Å². The zero-order valence-electron chi connectivity index (χ0n) is 19.0. The Morgan fingerprint density at radius 2 is 2.00 bits per heavy atom. The second kappa shape index (κ2) is 8.27. The molecule has 4 aromatic rings.